The molecule has 4 atom stereocenters. The van der Waals surface area contributed by atoms with Crippen molar-refractivity contribution in [2.45, 2.75) is 49.9 Å². The summed E-state index contributed by atoms with van der Waals surface area (Å²) < 4.78 is 0. The van der Waals surface area contributed by atoms with E-state index in [0.717, 1.165) is 16.5 Å². The van der Waals surface area contributed by atoms with Crippen molar-refractivity contribution in [3.8, 4) is 0 Å². The molecule has 0 saturated heterocycles. The molecule has 0 aliphatic rings. The molecule has 41 heavy (non-hydrogen) atoms. The molecular formula is C28H33N5O7S. The zero-order chi connectivity index (χ0) is 29.9. The molecule has 1 heterocycles. The van der Waals surface area contributed by atoms with Crippen molar-refractivity contribution in [2.75, 3.05) is 5.75 Å². The van der Waals surface area contributed by atoms with Gasteiger partial charge in [0, 0.05) is 35.7 Å². The summed E-state index contributed by atoms with van der Waals surface area (Å²) in [6.45, 7) is 0. The second-order valence-corrected chi connectivity index (χ2v) is 9.86. The van der Waals surface area contributed by atoms with Gasteiger partial charge in [-0.3, -0.25) is 19.2 Å². The first kappa shape index (κ1) is 31.2. The Morgan fingerprint density at radius 1 is 0.805 bits per heavy atom. The Hall–Kier alpha value is -4.36. The number of H-pyrrole nitrogens is 1. The number of nitrogens with one attached hydrogen (secondary N) is 4. The lowest BCUT2D eigenvalue weighted by Crippen LogP contribution is -2.58. The highest BCUT2D eigenvalue weighted by atomic mass is 32.1. The molecule has 0 aliphatic carbocycles. The second kappa shape index (κ2) is 14.9. The maximum atomic E-state index is 13.1. The number of amides is 3. The maximum absolute atomic E-state index is 13.1. The van der Waals surface area contributed by atoms with E-state index in [-0.39, 0.29) is 25.0 Å². The minimum Gasteiger partial charge on any atom is -0.481 e. The number of aliphatic carboxylic acids is 2. The molecular weight excluding hydrogens is 550 g/mol. The minimum atomic E-state index is -1.32. The summed E-state index contributed by atoms with van der Waals surface area (Å²) in [4.78, 5) is 64.9. The molecule has 2 aromatic carbocycles. The summed E-state index contributed by atoms with van der Waals surface area (Å²) in [5.41, 5.74) is 8.48. The van der Waals surface area contributed by atoms with E-state index in [4.69, 9.17) is 10.8 Å². The van der Waals surface area contributed by atoms with Gasteiger partial charge in [-0.05, 0) is 30.0 Å². The van der Waals surface area contributed by atoms with Gasteiger partial charge in [0.15, 0.2) is 0 Å². The Kier molecular flexibility index (Phi) is 11.3. The van der Waals surface area contributed by atoms with Crippen molar-refractivity contribution in [2.24, 2.45) is 5.73 Å². The van der Waals surface area contributed by atoms with Gasteiger partial charge in [0.2, 0.25) is 17.7 Å². The van der Waals surface area contributed by atoms with Crippen molar-refractivity contribution in [1.82, 2.24) is 20.9 Å². The molecule has 0 fully saturated rings. The topological polar surface area (TPSA) is 204 Å². The molecule has 0 spiro atoms. The molecule has 3 amide bonds. The molecule has 0 aliphatic heterocycles. The van der Waals surface area contributed by atoms with Gasteiger partial charge in [0.1, 0.15) is 18.1 Å². The Labute approximate surface area is 241 Å². The van der Waals surface area contributed by atoms with Crippen LogP contribution in [0, 0.1) is 0 Å². The smallest absolute Gasteiger partial charge is 0.326 e. The number of carboxylic acid groups (broad SMARTS) is 2. The standard InChI is InChI=1S/C28H33N5O7S/c29-19(13-17-14-30-20-9-5-4-8-18(17)20)25(36)31-21(10-11-24(34)35)26(37)33-23(15-41)27(38)32-22(28(39)40)12-16-6-2-1-3-7-16/h1-9,14,19,21-23,30,41H,10-13,15,29H2,(H,31,36)(H,32,38)(H,33,37)(H,34,35)(H,39,40). The molecule has 8 N–H and O–H groups in total. The highest BCUT2D eigenvalue weighted by molar-refractivity contribution is 7.80. The van der Waals surface area contributed by atoms with Gasteiger partial charge >= 0.3 is 11.9 Å². The molecule has 3 rings (SSSR count). The summed E-state index contributed by atoms with van der Waals surface area (Å²) in [6.07, 6.45) is 1.21. The number of aromatic amines is 1. The van der Waals surface area contributed by atoms with E-state index in [2.05, 4.69) is 33.6 Å². The average Bonchev–Trinajstić information content (AvgIpc) is 3.36. The molecule has 1 aromatic heterocycles. The number of rotatable bonds is 15. The van der Waals surface area contributed by atoms with Crippen LogP contribution >= 0.6 is 12.6 Å². The molecule has 3 aromatic rings. The lowest BCUT2D eigenvalue weighted by Gasteiger charge is -2.24. The highest BCUT2D eigenvalue weighted by Crippen LogP contribution is 2.19. The van der Waals surface area contributed by atoms with Crippen LogP contribution in [-0.4, -0.2) is 74.8 Å². The number of benzene rings is 2. The van der Waals surface area contributed by atoms with E-state index in [0.29, 0.717) is 5.56 Å². The second-order valence-electron chi connectivity index (χ2n) is 9.50. The summed E-state index contributed by atoms with van der Waals surface area (Å²) in [5, 5.41) is 27.0. The lowest BCUT2D eigenvalue weighted by atomic mass is 10.0. The number of carbonyl (C=O) groups is 5. The monoisotopic (exact) mass is 583 g/mol. The van der Waals surface area contributed by atoms with Crippen LogP contribution in [0.2, 0.25) is 0 Å². The van der Waals surface area contributed by atoms with Crippen molar-refractivity contribution in [1.29, 1.82) is 0 Å². The number of carboxylic acids is 2. The quantitative estimate of drug-likeness (QED) is 0.119. The number of nitrogens with two attached hydrogens (primary N) is 1. The van der Waals surface area contributed by atoms with Gasteiger partial charge in [-0.2, -0.15) is 12.6 Å². The average molecular weight is 584 g/mol. The number of para-hydroxylation sites is 1. The van der Waals surface area contributed by atoms with Gasteiger partial charge in [-0.25, -0.2) is 4.79 Å². The Morgan fingerprint density at radius 3 is 2.07 bits per heavy atom. The van der Waals surface area contributed by atoms with Crippen molar-refractivity contribution in [3.63, 3.8) is 0 Å². The Balaban J connectivity index is 1.65. The Bertz CT molecular complexity index is 1380. The Morgan fingerprint density at radius 2 is 1.41 bits per heavy atom. The van der Waals surface area contributed by atoms with Crippen LogP contribution < -0.4 is 21.7 Å². The SMILES string of the molecule is NC(Cc1c[nH]c2ccccc12)C(=O)NC(CCC(=O)O)C(=O)NC(CS)C(=O)NC(Cc1ccccc1)C(=O)O. The fraction of sp³-hybridized carbons (Fsp3) is 0.321. The van der Waals surface area contributed by atoms with E-state index < -0.39 is 60.2 Å². The number of hydrogen-bond acceptors (Lipinski definition) is 7. The molecule has 4 unspecified atom stereocenters. The molecule has 0 bridgehead atoms. The molecule has 0 radical (unpaired) electrons. The number of carbonyl (C=O) groups excluding carboxylic acids is 3. The predicted octanol–water partition coefficient (Wildman–Crippen LogP) is 0.614. The van der Waals surface area contributed by atoms with Crippen LogP contribution in [0.15, 0.2) is 60.8 Å². The molecule has 13 heteroatoms. The number of fused-ring (bicyclic) bond motifs is 1. The first-order valence-corrected chi connectivity index (χ1v) is 13.5. The van der Waals surface area contributed by atoms with Gasteiger partial charge in [-0.1, -0.05) is 48.5 Å². The molecule has 218 valence electrons. The minimum absolute atomic E-state index is 0.0146. The first-order valence-electron chi connectivity index (χ1n) is 12.9. The molecule has 0 saturated carbocycles. The number of thiol groups is 1. The number of aromatic nitrogens is 1. The fourth-order valence-corrected chi connectivity index (χ4v) is 4.49. The van der Waals surface area contributed by atoms with Crippen LogP contribution in [0.3, 0.4) is 0 Å². The van der Waals surface area contributed by atoms with E-state index in [1.165, 1.54) is 0 Å². The fourth-order valence-electron chi connectivity index (χ4n) is 4.23. The lowest BCUT2D eigenvalue weighted by molar-refractivity contribution is -0.142. The highest BCUT2D eigenvalue weighted by Gasteiger charge is 2.30. The summed E-state index contributed by atoms with van der Waals surface area (Å²) in [7, 11) is 0. The van der Waals surface area contributed by atoms with Crippen molar-refractivity contribution in [3.05, 3.63) is 71.9 Å². The van der Waals surface area contributed by atoms with E-state index in [1.54, 1.807) is 36.5 Å². The van der Waals surface area contributed by atoms with E-state index in [1.807, 2.05) is 24.3 Å². The normalized spacial score (nSPS) is 13.9. The van der Waals surface area contributed by atoms with Crippen molar-refractivity contribution < 1.29 is 34.2 Å². The zero-order valence-electron chi connectivity index (χ0n) is 22.1. The summed E-state index contributed by atoms with van der Waals surface area (Å²) in [5.74, 6) is -4.94. The molecule has 12 nitrogen and oxygen atoms in total. The van der Waals surface area contributed by atoms with Gasteiger partial charge in [-0.15, -0.1) is 0 Å². The van der Waals surface area contributed by atoms with Crippen LogP contribution in [0.5, 0.6) is 0 Å². The third-order valence-electron chi connectivity index (χ3n) is 6.44. The maximum Gasteiger partial charge on any atom is 0.326 e. The van der Waals surface area contributed by atoms with Crippen LogP contribution in [0.1, 0.15) is 24.0 Å². The van der Waals surface area contributed by atoms with Gasteiger partial charge < -0.3 is 36.9 Å². The van der Waals surface area contributed by atoms with Crippen LogP contribution in [0.4, 0.5) is 0 Å². The third kappa shape index (κ3) is 9.08. The van der Waals surface area contributed by atoms with Crippen LogP contribution in [0.25, 0.3) is 10.9 Å². The van der Waals surface area contributed by atoms with Crippen molar-refractivity contribution >= 4 is 53.2 Å². The van der Waals surface area contributed by atoms with Gasteiger partial charge in [0.25, 0.3) is 0 Å². The third-order valence-corrected chi connectivity index (χ3v) is 6.81. The van der Waals surface area contributed by atoms with Gasteiger partial charge in [0.05, 0.1) is 6.04 Å². The largest absolute Gasteiger partial charge is 0.481 e. The zero-order valence-corrected chi connectivity index (χ0v) is 23.0. The van der Waals surface area contributed by atoms with E-state index in [9.17, 15) is 29.1 Å². The first-order chi connectivity index (χ1) is 19.6. The van der Waals surface area contributed by atoms with Crippen LogP contribution in [-0.2, 0) is 36.8 Å². The summed E-state index contributed by atoms with van der Waals surface area (Å²) >= 11 is 4.11. The summed E-state index contributed by atoms with van der Waals surface area (Å²) in [6, 6.07) is 11.3. The number of hydrogen-bond donors (Lipinski definition) is 8. The predicted molar refractivity (Wildman–Crippen MR) is 154 cm³/mol. The van der Waals surface area contributed by atoms with E-state index >= 15 is 0 Å².